The number of nitrogens with one attached hydrogen (secondary N) is 1. The van der Waals surface area contributed by atoms with Crippen LogP contribution in [0.2, 0.25) is 0 Å². The molecule has 0 saturated carbocycles. The minimum Gasteiger partial charge on any atom is -0.489 e. The van der Waals surface area contributed by atoms with Gasteiger partial charge in [0.25, 0.3) is 0 Å². The molecule has 0 radical (unpaired) electrons. The fourth-order valence-electron chi connectivity index (χ4n) is 1.11. The van der Waals surface area contributed by atoms with Crippen LogP contribution < -0.4 is 5.32 Å². The first-order valence-electron chi connectivity index (χ1n) is 5.54. The number of carbonyl (C=O) groups is 2. The maximum Gasteiger partial charge on any atom is 0.375 e. The van der Waals surface area contributed by atoms with Crippen LogP contribution in [0.15, 0.2) is 23.7 Å². The molecule has 7 heteroatoms. The SMILES string of the molecule is C=C(CF)N/C(COC(C)=O)=C(\OC)C(=O)OCC. The summed E-state index contributed by atoms with van der Waals surface area (Å²) in [6.07, 6.45) is 0. The van der Waals surface area contributed by atoms with E-state index >= 15 is 0 Å². The summed E-state index contributed by atoms with van der Waals surface area (Å²) in [5.41, 5.74) is 0.0693. The summed E-state index contributed by atoms with van der Waals surface area (Å²) in [5.74, 6) is -1.49. The van der Waals surface area contributed by atoms with Crippen molar-refractivity contribution in [3.05, 3.63) is 23.7 Å². The first-order chi connectivity index (χ1) is 8.96. The third-order valence-electron chi connectivity index (χ3n) is 1.85. The number of rotatable bonds is 8. The summed E-state index contributed by atoms with van der Waals surface area (Å²) in [7, 11) is 1.25. The van der Waals surface area contributed by atoms with Crippen LogP contribution in [0, 0.1) is 0 Å². The molecule has 0 bridgehead atoms. The van der Waals surface area contributed by atoms with E-state index in [-0.39, 0.29) is 30.4 Å². The van der Waals surface area contributed by atoms with Crippen LogP contribution in [0.1, 0.15) is 13.8 Å². The van der Waals surface area contributed by atoms with Crippen LogP contribution in [-0.2, 0) is 23.8 Å². The zero-order valence-corrected chi connectivity index (χ0v) is 11.2. The van der Waals surface area contributed by atoms with Crippen LogP contribution >= 0.6 is 0 Å². The van der Waals surface area contributed by atoms with Gasteiger partial charge in [0.1, 0.15) is 19.0 Å². The Balaban J connectivity index is 5.15. The van der Waals surface area contributed by atoms with Crippen molar-refractivity contribution in [3.63, 3.8) is 0 Å². The van der Waals surface area contributed by atoms with E-state index in [9.17, 15) is 14.0 Å². The fraction of sp³-hybridized carbons (Fsp3) is 0.500. The van der Waals surface area contributed by atoms with E-state index in [4.69, 9.17) is 14.2 Å². The standard InChI is InChI=1S/C12H18FNO5/c1-5-18-12(16)11(17-4)10(7-19-9(3)15)14-8(2)6-13/h14H,2,5-7H2,1,3-4H3/b11-10-. The van der Waals surface area contributed by atoms with Crippen molar-refractivity contribution in [3.8, 4) is 0 Å². The largest absolute Gasteiger partial charge is 0.489 e. The highest BCUT2D eigenvalue weighted by molar-refractivity contribution is 5.87. The van der Waals surface area contributed by atoms with Crippen molar-refractivity contribution < 1.29 is 28.2 Å². The molecule has 0 aliphatic carbocycles. The Morgan fingerprint density at radius 1 is 1.32 bits per heavy atom. The van der Waals surface area contributed by atoms with E-state index in [2.05, 4.69) is 11.9 Å². The molecule has 0 aliphatic rings. The first kappa shape index (κ1) is 16.9. The highest BCUT2D eigenvalue weighted by atomic mass is 19.1. The number of methoxy groups -OCH3 is 1. The van der Waals surface area contributed by atoms with Gasteiger partial charge in [-0.05, 0) is 6.92 Å². The molecular formula is C12H18FNO5. The number of hydrogen-bond donors (Lipinski definition) is 1. The minimum atomic E-state index is -0.844. The number of alkyl halides is 1. The van der Waals surface area contributed by atoms with E-state index < -0.39 is 18.6 Å². The number of esters is 2. The molecule has 0 fully saturated rings. The van der Waals surface area contributed by atoms with Gasteiger partial charge in [-0.1, -0.05) is 6.58 Å². The predicted molar refractivity (Wildman–Crippen MR) is 65.6 cm³/mol. The molecule has 0 amide bonds. The smallest absolute Gasteiger partial charge is 0.375 e. The summed E-state index contributed by atoms with van der Waals surface area (Å²) in [4.78, 5) is 22.4. The van der Waals surface area contributed by atoms with Gasteiger partial charge in [0, 0.05) is 12.6 Å². The maximum absolute atomic E-state index is 12.4. The van der Waals surface area contributed by atoms with Gasteiger partial charge in [-0.25, -0.2) is 9.18 Å². The summed E-state index contributed by atoms with van der Waals surface area (Å²) in [6.45, 7) is 5.25. The van der Waals surface area contributed by atoms with Gasteiger partial charge in [0.2, 0.25) is 5.76 Å². The van der Waals surface area contributed by atoms with Gasteiger partial charge in [-0.3, -0.25) is 4.79 Å². The molecule has 0 rings (SSSR count). The zero-order valence-electron chi connectivity index (χ0n) is 11.2. The molecule has 0 aliphatic heterocycles. The quantitative estimate of drug-likeness (QED) is 0.405. The van der Waals surface area contributed by atoms with Gasteiger partial charge in [0.15, 0.2) is 0 Å². The van der Waals surface area contributed by atoms with Crippen LogP contribution in [0.25, 0.3) is 0 Å². The van der Waals surface area contributed by atoms with Crippen molar-refractivity contribution in [1.82, 2.24) is 5.32 Å². The third-order valence-corrected chi connectivity index (χ3v) is 1.85. The second-order valence-corrected chi connectivity index (χ2v) is 3.37. The van der Waals surface area contributed by atoms with Crippen LogP contribution in [0.3, 0.4) is 0 Å². The molecule has 0 heterocycles. The number of allylic oxidation sites excluding steroid dienone is 1. The Labute approximate surface area is 111 Å². The summed E-state index contributed by atoms with van der Waals surface area (Å²) in [5, 5.41) is 2.52. The van der Waals surface area contributed by atoms with Crippen LogP contribution in [0.4, 0.5) is 4.39 Å². The molecule has 0 saturated heterocycles. The Morgan fingerprint density at radius 3 is 2.37 bits per heavy atom. The van der Waals surface area contributed by atoms with Crippen molar-refractivity contribution in [2.24, 2.45) is 0 Å². The monoisotopic (exact) mass is 275 g/mol. The first-order valence-corrected chi connectivity index (χ1v) is 5.54. The Hall–Kier alpha value is -2.05. The van der Waals surface area contributed by atoms with E-state index in [1.165, 1.54) is 14.0 Å². The lowest BCUT2D eigenvalue weighted by Crippen LogP contribution is -2.25. The van der Waals surface area contributed by atoms with Gasteiger partial charge in [-0.15, -0.1) is 0 Å². The average Bonchev–Trinajstić information content (AvgIpc) is 2.36. The molecule has 0 aromatic heterocycles. The normalized spacial score (nSPS) is 11.2. The molecule has 0 aromatic rings. The number of ether oxygens (including phenoxy) is 3. The molecule has 19 heavy (non-hydrogen) atoms. The molecular weight excluding hydrogens is 257 g/mol. The Morgan fingerprint density at radius 2 is 1.95 bits per heavy atom. The van der Waals surface area contributed by atoms with Gasteiger partial charge in [0.05, 0.1) is 13.7 Å². The molecule has 108 valence electrons. The third kappa shape index (κ3) is 6.44. The van der Waals surface area contributed by atoms with Gasteiger partial charge in [-0.2, -0.15) is 0 Å². The lowest BCUT2D eigenvalue weighted by Gasteiger charge is -2.15. The minimum absolute atomic E-state index is 0.000926. The topological polar surface area (TPSA) is 73.9 Å². The molecule has 6 nitrogen and oxygen atoms in total. The van der Waals surface area contributed by atoms with Crippen molar-refractivity contribution in [2.75, 3.05) is 27.0 Å². The lowest BCUT2D eigenvalue weighted by molar-refractivity contribution is -0.143. The number of hydrogen-bond acceptors (Lipinski definition) is 6. The van der Waals surface area contributed by atoms with E-state index in [1.54, 1.807) is 6.92 Å². The Kier molecular flexibility index (Phi) is 7.99. The molecule has 0 spiro atoms. The number of carbonyl (C=O) groups excluding carboxylic acids is 2. The maximum atomic E-state index is 12.4. The number of halogens is 1. The molecule has 0 unspecified atom stereocenters. The van der Waals surface area contributed by atoms with Gasteiger partial charge >= 0.3 is 11.9 Å². The second-order valence-electron chi connectivity index (χ2n) is 3.37. The second kappa shape index (κ2) is 8.96. The molecule has 0 aromatic carbocycles. The predicted octanol–water partition coefficient (Wildman–Crippen LogP) is 1.04. The van der Waals surface area contributed by atoms with E-state index in [0.717, 1.165) is 0 Å². The lowest BCUT2D eigenvalue weighted by atomic mass is 10.3. The summed E-state index contributed by atoms with van der Waals surface area (Å²) in [6, 6.07) is 0. The molecule has 1 N–H and O–H groups in total. The van der Waals surface area contributed by atoms with Crippen LogP contribution in [0.5, 0.6) is 0 Å². The highest BCUT2D eigenvalue weighted by Crippen LogP contribution is 2.08. The van der Waals surface area contributed by atoms with Crippen molar-refractivity contribution in [1.29, 1.82) is 0 Å². The summed E-state index contributed by atoms with van der Waals surface area (Å²) < 4.78 is 26.8. The van der Waals surface area contributed by atoms with E-state index in [0.29, 0.717) is 0 Å². The highest BCUT2D eigenvalue weighted by Gasteiger charge is 2.19. The van der Waals surface area contributed by atoms with Crippen LogP contribution in [-0.4, -0.2) is 38.9 Å². The Bertz CT molecular complexity index is 378. The summed E-state index contributed by atoms with van der Waals surface area (Å²) >= 11 is 0. The van der Waals surface area contributed by atoms with E-state index in [1.807, 2.05) is 0 Å². The van der Waals surface area contributed by atoms with Crippen molar-refractivity contribution >= 4 is 11.9 Å². The zero-order chi connectivity index (χ0) is 14.8. The van der Waals surface area contributed by atoms with Crippen molar-refractivity contribution in [2.45, 2.75) is 13.8 Å². The fourth-order valence-corrected chi connectivity index (χ4v) is 1.11. The average molecular weight is 275 g/mol. The van der Waals surface area contributed by atoms with Gasteiger partial charge < -0.3 is 19.5 Å². The molecule has 0 atom stereocenters.